The lowest BCUT2D eigenvalue weighted by Gasteiger charge is -2.30. The summed E-state index contributed by atoms with van der Waals surface area (Å²) in [6.07, 6.45) is 4.54. The summed E-state index contributed by atoms with van der Waals surface area (Å²) in [4.78, 5) is 15.3. The summed E-state index contributed by atoms with van der Waals surface area (Å²) in [5.41, 5.74) is 0. The van der Waals surface area contributed by atoms with E-state index in [0.717, 1.165) is 31.7 Å². The number of hydrogen-bond acceptors (Lipinski definition) is 2. The maximum Gasteiger partial charge on any atom is 0.225 e. The minimum Gasteiger partial charge on any atom is -0.342 e. The molecule has 0 bridgehead atoms. The molecule has 1 aromatic rings. The van der Waals surface area contributed by atoms with Gasteiger partial charge in [0.15, 0.2) is 0 Å². The summed E-state index contributed by atoms with van der Waals surface area (Å²) in [6.45, 7) is 3.97. The van der Waals surface area contributed by atoms with E-state index >= 15 is 0 Å². The Morgan fingerprint density at radius 3 is 2.84 bits per heavy atom. The van der Waals surface area contributed by atoms with Crippen LogP contribution in [0.15, 0.2) is 35.2 Å². The summed E-state index contributed by atoms with van der Waals surface area (Å²) >= 11 is 1.90. The van der Waals surface area contributed by atoms with Gasteiger partial charge in [0, 0.05) is 23.9 Å². The van der Waals surface area contributed by atoms with Gasteiger partial charge in [-0.15, -0.1) is 11.8 Å². The van der Waals surface area contributed by atoms with Gasteiger partial charge >= 0.3 is 0 Å². The third-order valence-electron chi connectivity index (χ3n) is 3.63. The van der Waals surface area contributed by atoms with Crippen LogP contribution >= 0.6 is 11.8 Å². The van der Waals surface area contributed by atoms with Gasteiger partial charge in [0.05, 0.1) is 0 Å². The second-order valence-corrected chi connectivity index (χ2v) is 6.41. The van der Waals surface area contributed by atoms with Gasteiger partial charge in [-0.25, -0.2) is 0 Å². The number of thioether (sulfide) groups is 1. The number of amides is 1. The van der Waals surface area contributed by atoms with E-state index in [1.165, 1.54) is 17.7 Å². The monoisotopic (exact) mass is 277 g/mol. The number of carbonyl (C=O) groups excluding carboxylic acids is 1. The van der Waals surface area contributed by atoms with E-state index < -0.39 is 0 Å². The fourth-order valence-corrected chi connectivity index (χ4v) is 3.40. The van der Waals surface area contributed by atoms with Gasteiger partial charge in [0.2, 0.25) is 5.91 Å². The van der Waals surface area contributed by atoms with Gasteiger partial charge in [-0.3, -0.25) is 4.79 Å². The molecule has 0 aromatic heterocycles. The summed E-state index contributed by atoms with van der Waals surface area (Å²) in [7, 11) is 0. The van der Waals surface area contributed by atoms with Gasteiger partial charge < -0.3 is 4.90 Å². The van der Waals surface area contributed by atoms with E-state index in [1.54, 1.807) is 0 Å². The fraction of sp³-hybridized carbons (Fsp3) is 0.562. The highest BCUT2D eigenvalue weighted by Gasteiger charge is 2.24. The van der Waals surface area contributed by atoms with Crippen LogP contribution in [0.25, 0.3) is 0 Å². The molecule has 1 aliphatic heterocycles. The van der Waals surface area contributed by atoms with Crippen LogP contribution < -0.4 is 0 Å². The highest BCUT2D eigenvalue weighted by atomic mass is 32.2. The molecule has 1 amide bonds. The first-order valence-corrected chi connectivity index (χ1v) is 8.22. The average molecular weight is 277 g/mol. The van der Waals surface area contributed by atoms with Crippen molar-refractivity contribution in [2.45, 2.75) is 37.5 Å². The van der Waals surface area contributed by atoms with Gasteiger partial charge in [0.1, 0.15) is 0 Å². The maximum atomic E-state index is 11.9. The lowest BCUT2D eigenvalue weighted by atomic mass is 9.99. The molecule has 0 spiro atoms. The molecule has 19 heavy (non-hydrogen) atoms. The van der Waals surface area contributed by atoms with Crippen molar-refractivity contribution in [2.24, 2.45) is 5.92 Å². The van der Waals surface area contributed by atoms with Crippen LogP contribution in [0.4, 0.5) is 0 Å². The van der Waals surface area contributed by atoms with Crippen molar-refractivity contribution in [1.82, 2.24) is 4.90 Å². The van der Waals surface area contributed by atoms with Crippen LogP contribution in [-0.2, 0) is 4.79 Å². The molecular weight excluding hydrogens is 254 g/mol. The summed E-state index contributed by atoms with van der Waals surface area (Å²) in [5.74, 6) is 1.75. The van der Waals surface area contributed by atoms with Crippen LogP contribution in [0.2, 0.25) is 0 Å². The molecule has 1 heterocycles. The normalized spacial score (nSPS) is 19.7. The third-order valence-corrected chi connectivity index (χ3v) is 4.73. The zero-order chi connectivity index (χ0) is 13.5. The number of nitrogens with zero attached hydrogens (tertiary/aromatic N) is 1. The molecule has 0 saturated carbocycles. The summed E-state index contributed by atoms with van der Waals surface area (Å²) < 4.78 is 0. The first kappa shape index (κ1) is 14.4. The number of piperidine rings is 1. The Hall–Kier alpha value is -0.960. The fourth-order valence-electron chi connectivity index (χ4n) is 2.47. The minimum atomic E-state index is 0.243. The molecule has 1 fully saturated rings. The number of carbonyl (C=O) groups is 1. The lowest BCUT2D eigenvalue weighted by molar-refractivity contribution is -0.137. The Labute approximate surface area is 120 Å². The van der Waals surface area contributed by atoms with Crippen LogP contribution in [0.5, 0.6) is 0 Å². The average Bonchev–Trinajstić information content (AvgIpc) is 2.44. The Bertz CT molecular complexity index is 393. The number of hydrogen-bond donors (Lipinski definition) is 0. The van der Waals surface area contributed by atoms with Crippen LogP contribution in [-0.4, -0.2) is 29.6 Å². The Morgan fingerprint density at radius 2 is 2.05 bits per heavy atom. The lowest BCUT2D eigenvalue weighted by Crippen LogP contribution is -2.40. The Kier molecular flexibility index (Phi) is 5.77. The second-order valence-electron chi connectivity index (χ2n) is 5.24. The molecule has 3 heteroatoms. The Morgan fingerprint density at radius 1 is 1.26 bits per heavy atom. The van der Waals surface area contributed by atoms with Crippen LogP contribution in [0.1, 0.15) is 32.6 Å². The maximum absolute atomic E-state index is 11.9. The molecule has 2 nitrogen and oxygen atoms in total. The van der Waals surface area contributed by atoms with E-state index in [2.05, 4.69) is 36.1 Å². The number of rotatable bonds is 6. The SMILES string of the molecule is CC1CCCN(CCCCSc2ccccc2)C1=O. The first-order valence-electron chi connectivity index (χ1n) is 7.24. The molecule has 0 aliphatic carbocycles. The standard InChI is InChI=1S/C16H23NOS/c1-14-8-7-12-17(16(14)18)11-5-6-13-19-15-9-3-2-4-10-15/h2-4,9-10,14H,5-8,11-13H2,1H3. The largest absolute Gasteiger partial charge is 0.342 e. The van der Waals surface area contributed by atoms with Crippen molar-refractivity contribution in [1.29, 1.82) is 0 Å². The molecule has 1 aliphatic rings. The van der Waals surface area contributed by atoms with Crippen molar-refractivity contribution >= 4 is 17.7 Å². The Balaban J connectivity index is 1.60. The molecule has 1 aromatic carbocycles. The molecule has 1 saturated heterocycles. The minimum absolute atomic E-state index is 0.243. The molecular formula is C16H23NOS. The van der Waals surface area contributed by atoms with E-state index in [4.69, 9.17) is 0 Å². The van der Waals surface area contributed by atoms with E-state index in [1.807, 2.05) is 17.8 Å². The zero-order valence-electron chi connectivity index (χ0n) is 11.7. The van der Waals surface area contributed by atoms with Gasteiger partial charge in [0.25, 0.3) is 0 Å². The molecule has 1 atom stereocenters. The zero-order valence-corrected chi connectivity index (χ0v) is 12.5. The van der Waals surface area contributed by atoms with Crippen molar-refractivity contribution in [3.05, 3.63) is 30.3 Å². The quantitative estimate of drug-likeness (QED) is 0.582. The first-order chi connectivity index (χ1) is 9.27. The van der Waals surface area contributed by atoms with Gasteiger partial charge in [-0.2, -0.15) is 0 Å². The highest BCUT2D eigenvalue weighted by Crippen LogP contribution is 2.20. The number of unbranched alkanes of at least 4 members (excludes halogenated alkanes) is 1. The van der Waals surface area contributed by atoms with E-state index in [-0.39, 0.29) is 5.92 Å². The smallest absolute Gasteiger partial charge is 0.225 e. The van der Waals surface area contributed by atoms with Crippen LogP contribution in [0.3, 0.4) is 0 Å². The van der Waals surface area contributed by atoms with E-state index in [0.29, 0.717) is 5.91 Å². The van der Waals surface area contributed by atoms with Gasteiger partial charge in [-0.1, -0.05) is 25.1 Å². The van der Waals surface area contributed by atoms with Crippen molar-refractivity contribution in [3.63, 3.8) is 0 Å². The summed E-state index contributed by atoms with van der Waals surface area (Å²) in [6, 6.07) is 10.5. The molecule has 0 radical (unpaired) electrons. The van der Waals surface area contributed by atoms with Gasteiger partial charge in [-0.05, 0) is 43.6 Å². The topological polar surface area (TPSA) is 20.3 Å². The number of benzene rings is 1. The molecule has 1 unspecified atom stereocenters. The highest BCUT2D eigenvalue weighted by molar-refractivity contribution is 7.99. The molecule has 104 valence electrons. The number of likely N-dealkylation sites (tertiary alicyclic amines) is 1. The van der Waals surface area contributed by atoms with Crippen molar-refractivity contribution in [3.8, 4) is 0 Å². The molecule has 2 rings (SSSR count). The van der Waals surface area contributed by atoms with E-state index in [9.17, 15) is 4.79 Å². The third kappa shape index (κ3) is 4.57. The summed E-state index contributed by atoms with van der Waals surface area (Å²) in [5, 5.41) is 0. The second kappa shape index (κ2) is 7.59. The van der Waals surface area contributed by atoms with Crippen molar-refractivity contribution in [2.75, 3.05) is 18.8 Å². The molecule has 0 N–H and O–H groups in total. The van der Waals surface area contributed by atoms with Crippen molar-refractivity contribution < 1.29 is 4.79 Å². The predicted octanol–water partition coefficient (Wildman–Crippen LogP) is 3.82. The predicted molar refractivity (Wildman–Crippen MR) is 81.4 cm³/mol. The van der Waals surface area contributed by atoms with Crippen LogP contribution in [0, 0.1) is 5.92 Å².